The maximum Gasteiger partial charge on any atom is 0.225 e. The highest BCUT2D eigenvalue weighted by molar-refractivity contribution is 5.52. The van der Waals surface area contributed by atoms with Crippen LogP contribution in [0.15, 0.2) is 24.4 Å². The van der Waals surface area contributed by atoms with Crippen LogP contribution in [0.5, 0.6) is 0 Å². The lowest BCUT2D eigenvalue weighted by molar-refractivity contribution is 0.240. The smallest absolute Gasteiger partial charge is 0.225 e. The van der Waals surface area contributed by atoms with Crippen molar-refractivity contribution >= 4 is 11.8 Å². The summed E-state index contributed by atoms with van der Waals surface area (Å²) in [5, 5.41) is 3.33. The first-order valence-electron chi connectivity index (χ1n) is 8.49. The van der Waals surface area contributed by atoms with Gasteiger partial charge in [0, 0.05) is 58.0 Å². The van der Waals surface area contributed by atoms with Gasteiger partial charge in [-0.25, -0.2) is 4.98 Å². The third-order valence-corrected chi connectivity index (χ3v) is 4.07. The third kappa shape index (κ3) is 3.82. The van der Waals surface area contributed by atoms with E-state index in [2.05, 4.69) is 40.0 Å². The highest BCUT2D eigenvalue weighted by Crippen LogP contribution is 2.27. The van der Waals surface area contributed by atoms with Gasteiger partial charge in [-0.2, -0.15) is 4.98 Å². The zero-order valence-electron chi connectivity index (χ0n) is 15.0. The van der Waals surface area contributed by atoms with Crippen LogP contribution in [0.4, 0.5) is 11.8 Å². The van der Waals surface area contributed by atoms with Gasteiger partial charge in [0.2, 0.25) is 5.95 Å². The van der Waals surface area contributed by atoms with E-state index in [1.54, 1.807) is 0 Å². The number of hydrogen-bond acceptors (Lipinski definition) is 6. The molecule has 1 aliphatic heterocycles. The maximum atomic E-state index is 4.75. The second-order valence-corrected chi connectivity index (χ2v) is 6.77. The molecule has 0 unspecified atom stereocenters. The summed E-state index contributed by atoms with van der Waals surface area (Å²) in [5.41, 5.74) is 3.50. The van der Waals surface area contributed by atoms with Crippen molar-refractivity contribution in [1.82, 2.24) is 19.9 Å². The second kappa shape index (κ2) is 7.13. The molecule has 0 aromatic carbocycles. The predicted molar refractivity (Wildman–Crippen MR) is 97.2 cm³/mol. The van der Waals surface area contributed by atoms with Gasteiger partial charge < -0.3 is 10.2 Å². The van der Waals surface area contributed by atoms with Crippen LogP contribution in [-0.2, 0) is 19.5 Å². The molecule has 1 N–H and O–H groups in total. The lowest BCUT2D eigenvalue weighted by Crippen LogP contribution is -2.33. The Morgan fingerprint density at radius 3 is 2.75 bits per heavy atom. The van der Waals surface area contributed by atoms with E-state index in [0.29, 0.717) is 6.04 Å². The summed E-state index contributed by atoms with van der Waals surface area (Å²) in [6, 6.07) is 6.39. The number of rotatable bonds is 5. The summed E-state index contributed by atoms with van der Waals surface area (Å²) < 4.78 is 0. The average Bonchev–Trinajstić information content (AvgIpc) is 2.54. The van der Waals surface area contributed by atoms with Crippen molar-refractivity contribution in [2.75, 3.05) is 30.9 Å². The minimum Gasteiger partial charge on any atom is -0.362 e. The molecule has 0 radical (unpaired) electrons. The first-order chi connectivity index (χ1) is 11.5. The van der Waals surface area contributed by atoms with Crippen molar-refractivity contribution < 1.29 is 0 Å². The summed E-state index contributed by atoms with van der Waals surface area (Å²) in [5.74, 6) is 1.74. The summed E-state index contributed by atoms with van der Waals surface area (Å²) in [6.45, 7) is 6.93. The van der Waals surface area contributed by atoms with E-state index < -0.39 is 0 Å². The van der Waals surface area contributed by atoms with E-state index in [1.165, 1.54) is 5.56 Å². The van der Waals surface area contributed by atoms with Gasteiger partial charge in [-0.3, -0.25) is 9.88 Å². The van der Waals surface area contributed by atoms with Crippen molar-refractivity contribution in [2.45, 2.75) is 39.4 Å². The van der Waals surface area contributed by atoms with E-state index in [4.69, 9.17) is 9.97 Å². The number of fused-ring (bicyclic) bond motifs is 1. The zero-order valence-corrected chi connectivity index (χ0v) is 15.0. The summed E-state index contributed by atoms with van der Waals surface area (Å²) >= 11 is 0. The lowest BCUT2D eigenvalue weighted by Gasteiger charge is -2.30. The molecule has 0 spiro atoms. The molecule has 2 aromatic rings. The Hall–Kier alpha value is -2.21. The Morgan fingerprint density at radius 2 is 2.08 bits per heavy atom. The molecule has 3 heterocycles. The molecule has 0 bridgehead atoms. The molecule has 6 heteroatoms. The molecule has 3 rings (SSSR count). The summed E-state index contributed by atoms with van der Waals surface area (Å²) in [7, 11) is 4.08. The molecule has 0 atom stereocenters. The van der Waals surface area contributed by atoms with Gasteiger partial charge in [-0.05, 0) is 26.0 Å². The number of nitrogens with zero attached hydrogens (tertiary/aromatic N) is 5. The third-order valence-electron chi connectivity index (χ3n) is 4.07. The number of hydrogen-bond donors (Lipinski definition) is 1. The monoisotopic (exact) mass is 326 g/mol. The van der Waals surface area contributed by atoms with Crippen LogP contribution in [0.1, 0.15) is 30.8 Å². The molecule has 0 aliphatic carbocycles. The van der Waals surface area contributed by atoms with Crippen molar-refractivity contribution in [1.29, 1.82) is 0 Å². The molecule has 128 valence electrons. The standard InChI is InChI=1S/C18H26N6/c1-13(2)20-18-21-16-8-10-24(11-14-7-5-6-9-19-14)12-15(16)17(22-18)23(3)4/h5-7,9,13H,8,10-12H2,1-4H3,(H,20,21,22). The topological polar surface area (TPSA) is 57.2 Å². The first kappa shape index (κ1) is 16.6. The SMILES string of the molecule is CC(C)Nc1nc2c(c(N(C)C)n1)CN(Cc1ccccn1)CC2. The Labute approximate surface area is 143 Å². The van der Waals surface area contributed by atoms with E-state index >= 15 is 0 Å². The van der Waals surface area contributed by atoms with Gasteiger partial charge in [0.1, 0.15) is 5.82 Å². The molecular formula is C18H26N6. The van der Waals surface area contributed by atoms with Gasteiger partial charge >= 0.3 is 0 Å². The fourth-order valence-electron chi connectivity index (χ4n) is 3.00. The largest absolute Gasteiger partial charge is 0.362 e. The van der Waals surface area contributed by atoms with Crippen molar-refractivity contribution in [2.24, 2.45) is 0 Å². The minimum atomic E-state index is 0.322. The first-order valence-corrected chi connectivity index (χ1v) is 8.49. The minimum absolute atomic E-state index is 0.322. The van der Waals surface area contributed by atoms with E-state index in [9.17, 15) is 0 Å². The van der Waals surface area contributed by atoms with Gasteiger partial charge in [0.15, 0.2) is 0 Å². The molecule has 0 saturated heterocycles. The normalized spacial score (nSPS) is 14.5. The van der Waals surface area contributed by atoms with Gasteiger partial charge in [0.25, 0.3) is 0 Å². The highest BCUT2D eigenvalue weighted by atomic mass is 15.2. The molecule has 24 heavy (non-hydrogen) atoms. The van der Waals surface area contributed by atoms with Crippen LogP contribution in [0.2, 0.25) is 0 Å². The van der Waals surface area contributed by atoms with E-state index in [0.717, 1.165) is 49.2 Å². The van der Waals surface area contributed by atoms with Crippen molar-refractivity contribution in [3.63, 3.8) is 0 Å². The fraction of sp³-hybridized carbons (Fsp3) is 0.500. The lowest BCUT2D eigenvalue weighted by atomic mass is 10.1. The van der Waals surface area contributed by atoms with Crippen molar-refractivity contribution in [3.8, 4) is 0 Å². The van der Waals surface area contributed by atoms with Crippen LogP contribution < -0.4 is 10.2 Å². The van der Waals surface area contributed by atoms with Gasteiger partial charge in [-0.15, -0.1) is 0 Å². The van der Waals surface area contributed by atoms with Gasteiger partial charge in [-0.1, -0.05) is 6.07 Å². The average molecular weight is 326 g/mol. The quantitative estimate of drug-likeness (QED) is 0.910. The molecule has 0 fully saturated rings. The highest BCUT2D eigenvalue weighted by Gasteiger charge is 2.23. The molecule has 0 saturated carbocycles. The fourth-order valence-corrected chi connectivity index (χ4v) is 3.00. The molecule has 1 aliphatic rings. The number of nitrogens with one attached hydrogen (secondary N) is 1. The molecule has 6 nitrogen and oxygen atoms in total. The van der Waals surface area contributed by atoms with E-state index in [-0.39, 0.29) is 0 Å². The van der Waals surface area contributed by atoms with Crippen molar-refractivity contribution in [3.05, 3.63) is 41.3 Å². The number of anilines is 2. The summed E-state index contributed by atoms with van der Waals surface area (Å²) in [6.07, 6.45) is 2.80. The predicted octanol–water partition coefficient (Wildman–Crippen LogP) is 2.32. The Balaban J connectivity index is 1.84. The van der Waals surface area contributed by atoms with E-state index in [1.807, 2.05) is 32.4 Å². The maximum absolute atomic E-state index is 4.75. The van der Waals surface area contributed by atoms with Crippen LogP contribution in [0.25, 0.3) is 0 Å². The van der Waals surface area contributed by atoms with Crippen LogP contribution in [0, 0.1) is 0 Å². The molecular weight excluding hydrogens is 300 g/mol. The summed E-state index contributed by atoms with van der Waals surface area (Å²) in [4.78, 5) is 18.4. The molecule has 2 aromatic heterocycles. The van der Waals surface area contributed by atoms with Crippen LogP contribution >= 0.6 is 0 Å². The zero-order chi connectivity index (χ0) is 17.1. The second-order valence-electron chi connectivity index (χ2n) is 6.77. The Morgan fingerprint density at radius 1 is 1.25 bits per heavy atom. The molecule has 0 amide bonds. The number of pyridine rings is 1. The Bertz CT molecular complexity index is 683. The number of aromatic nitrogens is 3. The van der Waals surface area contributed by atoms with Gasteiger partial charge in [0.05, 0.1) is 11.4 Å². The van der Waals surface area contributed by atoms with Crippen LogP contribution in [-0.4, -0.2) is 46.5 Å². The Kier molecular flexibility index (Phi) is 4.94. The van der Waals surface area contributed by atoms with Crippen LogP contribution in [0.3, 0.4) is 0 Å².